The van der Waals surface area contributed by atoms with Crippen LogP contribution in [0.5, 0.6) is 0 Å². The highest BCUT2D eigenvalue weighted by atomic mass is 32.2. The molecule has 2 fully saturated rings. The fourth-order valence-electron chi connectivity index (χ4n) is 3.20. The zero-order valence-corrected chi connectivity index (χ0v) is 15.6. The summed E-state index contributed by atoms with van der Waals surface area (Å²) in [6.07, 6.45) is 4.27. The molecule has 0 unspecified atom stereocenters. The van der Waals surface area contributed by atoms with Crippen LogP contribution in [-0.2, 0) is 14.8 Å². The fourth-order valence-corrected chi connectivity index (χ4v) is 4.69. The van der Waals surface area contributed by atoms with Crippen molar-refractivity contribution < 1.29 is 17.9 Å². The maximum Gasteiger partial charge on any atom is 0.338 e. The molecule has 1 aromatic carbocycles. The van der Waals surface area contributed by atoms with E-state index in [-0.39, 0.29) is 4.90 Å². The highest BCUT2D eigenvalue weighted by Crippen LogP contribution is 2.28. The normalized spacial score (nSPS) is 19.8. The van der Waals surface area contributed by atoms with E-state index in [1.807, 2.05) is 0 Å². The molecular formula is C18H26N2O4S. The first kappa shape index (κ1) is 18.4. The molecular weight excluding hydrogens is 340 g/mol. The molecule has 1 aliphatic carbocycles. The molecule has 25 heavy (non-hydrogen) atoms. The third-order valence-electron chi connectivity index (χ3n) is 5.10. The lowest BCUT2D eigenvalue weighted by atomic mass is 10.1. The van der Waals surface area contributed by atoms with Gasteiger partial charge in [0.15, 0.2) is 0 Å². The predicted molar refractivity (Wildman–Crippen MR) is 95.0 cm³/mol. The summed E-state index contributed by atoms with van der Waals surface area (Å²) in [6, 6.07) is 5.04. The lowest BCUT2D eigenvalue weighted by Gasteiger charge is -2.32. The average Bonchev–Trinajstić information content (AvgIpc) is 3.44. The topological polar surface area (TPSA) is 75.7 Å². The van der Waals surface area contributed by atoms with Crippen LogP contribution in [0.3, 0.4) is 0 Å². The highest BCUT2D eigenvalue weighted by molar-refractivity contribution is 7.89. The standard InChI is InChI=1S/C18H26N2O4S/c1-13-3-6-16(11-17(13)18(21)24-2)25(22,23)20-9-7-15(8-10-20)19-12-14-4-5-14/h3,6,11,14-15,19H,4-5,7-10,12H2,1-2H3. The van der Waals surface area contributed by atoms with E-state index >= 15 is 0 Å². The van der Waals surface area contributed by atoms with E-state index in [0.717, 1.165) is 25.3 Å². The number of aryl methyl sites for hydroxylation is 1. The van der Waals surface area contributed by atoms with Gasteiger partial charge in [0.25, 0.3) is 0 Å². The zero-order valence-electron chi connectivity index (χ0n) is 14.8. The monoisotopic (exact) mass is 366 g/mol. The third-order valence-corrected chi connectivity index (χ3v) is 6.99. The van der Waals surface area contributed by atoms with E-state index in [9.17, 15) is 13.2 Å². The number of methoxy groups -OCH3 is 1. The number of sulfonamides is 1. The van der Waals surface area contributed by atoms with Crippen LogP contribution in [0.15, 0.2) is 23.1 Å². The Labute approximate surface area is 149 Å². The Balaban J connectivity index is 1.68. The van der Waals surface area contributed by atoms with Crippen LogP contribution >= 0.6 is 0 Å². The van der Waals surface area contributed by atoms with Crippen LogP contribution in [0.1, 0.15) is 41.6 Å². The first-order valence-corrected chi connectivity index (χ1v) is 10.3. The van der Waals surface area contributed by atoms with Crippen LogP contribution in [0, 0.1) is 12.8 Å². The second kappa shape index (κ2) is 7.43. The maximum absolute atomic E-state index is 12.9. The van der Waals surface area contributed by atoms with Gasteiger partial charge in [0.1, 0.15) is 0 Å². The molecule has 138 valence electrons. The largest absolute Gasteiger partial charge is 0.465 e. The SMILES string of the molecule is COC(=O)c1cc(S(=O)(=O)N2CCC(NCC3CC3)CC2)ccc1C. The van der Waals surface area contributed by atoms with E-state index in [2.05, 4.69) is 5.32 Å². The first-order valence-electron chi connectivity index (χ1n) is 8.84. The molecule has 1 aliphatic heterocycles. The summed E-state index contributed by atoms with van der Waals surface area (Å²) in [5.74, 6) is 0.309. The molecule has 0 amide bonds. The van der Waals surface area contributed by atoms with Crippen molar-refractivity contribution in [3.05, 3.63) is 29.3 Å². The zero-order chi connectivity index (χ0) is 18.0. The summed E-state index contributed by atoms with van der Waals surface area (Å²) in [4.78, 5) is 12.0. The van der Waals surface area contributed by atoms with Crippen LogP contribution in [0.25, 0.3) is 0 Å². The molecule has 1 saturated carbocycles. The number of piperidine rings is 1. The number of rotatable bonds is 6. The number of hydrogen-bond acceptors (Lipinski definition) is 5. The molecule has 0 aromatic heterocycles. The van der Waals surface area contributed by atoms with Crippen molar-refractivity contribution in [3.8, 4) is 0 Å². The van der Waals surface area contributed by atoms with Crippen LogP contribution in [0.2, 0.25) is 0 Å². The summed E-state index contributed by atoms with van der Waals surface area (Å²) in [6.45, 7) is 3.83. The Hall–Kier alpha value is -1.44. The minimum Gasteiger partial charge on any atom is -0.465 e. The van der Waals surface area contributed by atoms with Gasteiger partial charge in [0.2, 0.25) is 10.0 Å². The van der Waals surface area contributed by atoms with Crippen LogP contribution < -0.4 is 5.32 Å². The van der Waals surface area contributed by atoms with Crippen molar-refractivity contribution in [3.63, 3.8) is 0 Å². The number of benzene rings is 1. The molecule has 7 heteroatoms. The summed E-state index contributed by atoms with van der Waals surface area (Å²) in [5.41, 5.74) is 0.998. The van der Waals surface area contributed by atoms with E-state index in [0.29, 0.717) is 30.3 Å². The Bertz CT molecular complexity index is 735. The Morgan fingerprint density at radius 1 is 1.24 bits per heavy atom. The van der Waals surface area contributed by atoms with E-state index in [1.54, 1.807) is 19.1 Å². The number of hydrogen-bond donors (Lipinski definition) is 1. The quantitative estimate of drug-likeness (QED) is 0.779. The average molecular weight is 366 g/mol. The highest BCUT2D eigenvalue weighted by Gasteiger charge is 2.31. The van der Waals surface area contributed by atoms with Gasteiger partial charge >= 0.3 is 5.97 Å². The van der Waals surface area contributed by atoms with Crippen LogP contribution in [-0.4, -0.2) is 51.5 Å². The minimum absolute atomic E-state index is 0.155. The summed E-state index contributed by atoms with van der Waals surface area (Å²) >= 11 is 0. The third kappa shape index (κ3) is 4.22. The molecule has 1 aromatic rings. The van der Waals surface area contributed by atoms with E-state index in [1.165, 1.54) is 30.3 Å². The van der Waals surface area contributed by atoms with Gasteiger partial charge in [-0.05, 0) is 62.8 Å². The number of nitrogens with zero attached hydrogens (tertiary/aromatic N) is 1. The van der Waals surface area contributed by atoms with Gasteiger partial charge in [-0.25, -0.2) is 13.2 Å². The molecule has 1 saturated heterocycles. The molecule has 1 heterocycles. The molecule has 3 rings (SSSR count). The maximum atomic E-state index is 12.9. The van der Waals surface area contributed by atoms with Gasteiger partial charge in [-0.2, -0.15) is 4.31 Å². The van der Waals surface area contributed by atoms with Crippen molar-refractivity contribution in [2.24, 2.45) is 5.92 Å². The minimum atomic E-state index is -3.59. The lowest BCUT2D eigenvalue weighted by Crippen LogP contribution is -2.45. The van der Waals surface area contributed by atoms with Crippen molar-refractivity contribution in [1.82, 2.24) is 9.62 Å². The Morgan fingerprint density at radius 2 is 1.92 bits per heavy atom. The number of ether oxygens (including phenoxy) is 1. The Kier molecular flexibility index (Phi) is 5.46. The van der Waals surface area contributed by atoms with Gasteiger partial charge in [-0.15, -0.1) is 0 Å². The molecule has 1 N–H and O–H groups in total. The lowest BCUT2D eigenvalue weighted by molar-refractivity contribution is 0.0599. The predicted octanol–water partition coefficient (Wildman–Crippen LogP) is 1.93. The van der Waals surface area contributed by atoms with Crippen molar-refractivity contribution in [2.75, 3.05) is 26.7 Å². The second-order valence-corrected chi connectivity index (χ2v) is 8.94. The molecule has 0 atom stereocenters. The van der Waals surface area contributed by atoms with E-state index in [4.69, 9.17) is 4.74 Å². The molecule has 6 nitrogen and oxygen atoms in total. The first-order chi connectivity index (χ1) is 11.9. The molecule has 0 radical (unpaired) electrons. The number of nitrogens with one attached hydrogen (secondary N) is 1. The smallest absolute Gasteiger partial charge is 0.338 e. The van der Waals surface area contributed by atoms with Crippen molar-refractivity contribution >= 4 is 16.0 Å². The van der Waals surface area contributed by atoms with Gasteiger partial charge in [0.05, 0.1) is 17.6 Å². The summed E-state index contributed by atoms with van der Waals surface area (Å²) < 4.78 is 32.1. The number of esters is 1. The number of carbonyl (C=O) groups is 1. The van der Waals surface area contributed by atoms with Crippen LogP contribution in [0.4, 0.5) is 0 Å². The van der Waals surface area contributed by atoms with E-state index < -0.39 is 16.0 Å². The molecule has 0 spiro atoms. The summed E-state index contributed by atoms with van der Waals surface area (Å²) in [7, 11) is -2.29. The van der Waals surface area contributed by atoms with Crippen molar-refractivity contribution in [2.45, 2.75) is 43.5 Å². The summed E-state index contributed by atoms with van der Waals surface area (Å²) in [5, 5.41) is 3.55. The Morgan fingerprint density at radius 3 is 2.52 bits per heavy atom. The van der Waals surface area contributed by atoms with Gasteiger partial charge in [-0.1, -0.05) is 6.07 Å². The van der Waals surface area contributed by atoms with Crippen molar-refractivity contribution in [1.29, 1.82) is 0 Å². The van der Waals surface area contributed by atoms with Gasteiger partial charge in [0, 0.05) is 19.1 Å². The fraction of sp³-hybridized carbons (Fsp3) is 0.611. The second-order valence-electron chi connectivity index (χ2n) is 7.00. The van der Waals surface area contributed by atoms with Gasteiger partial charge in [-0.3, -0.25) is 0 Å². The molecule has 0 bridgehead atoms. The molecule has 2 aliphatic rings. The van der Waals surface area contributed by atoms with Gasteiger partial charge < -0.3 is 10.1 Å². The number of carbonyl (C=O) groups excluding carboxylic acids is 1.